The zero-order chi connectivity index (χ0) is 13.2. The first kappa shape index (κ1) is 14.0. The first-order valence-electron chi connectivity index (χ1n) is 6.28. The largest absolute Gasteiger partial charge is 0.309 e. The van der Waals surface area contributed by atoms with E-state index in [1.165, 1.54) is 24.2 Å². The van der Waals surface area contributed by atoms with Crippen LogP contribution in [0.3, 0.4) is 0 Å². The topological polar surface area (TPSA) is 58.2 Å². The maximum absolute atomic E-state index is 12.1. The average molecular weight is 288 g/mol. The van der Waals surface area contributed by atoms with Crippen LogP contribution >= 0.6 is 11.3 Å². The maximum Gasteiger partial charge on any atom is 0.241 e. The number of sulfonamides is 1. The Balaban J connectivity index is 2.03. The highest BCUT2D eigenvalue weighted by Gasteiger charge is 2.23. The summed E-state index contributed by atoms with van der Waals surface area (Å²) < 4.78 is 26.9. The molecule has 2 rings (SSSR count). The van der Waals surface area contributed by atoms with Crippen LogP contribution in [0.1, 0.15) is 31.6 Å². The Labute approximate surface area is 113 Å². The number of hydrogen-bond donors (Lipinski definition) is 2. The van der Waals surface area contributed by atoms with E-state index in [1.54, 1.807) is 6.07 Å². The highest BCUT2D eigenvalue weighted by atomic mass is 32.2. The van der Waals surface area contributed by atoms with Crippen LogP contribution in [0.4, 0.5) is 0 Å². The summed E-state index contributed by atoms with van der Waals surface area (Å²) in [5.74, 6) is 0.312. The molecule has 0 radical (unpaired) electrons. The maximum atomic E-state index is 12.1. The molecule has 0 aromatic carbocycles. The SMILES string of the molecule is CC(C)CNS(=O)(=O)c1ccsc1CNC1CC1. The predicted octanol–water partition coefficient (Wildman–Crippen LogP) is 1.93. The highest BCUT2D eigenvalue weighted by Crippen LogP contribution is 2.24. The van der Waals surface area contributed by atoms with Crippen molar-refractivity contribution in [2.75, 3.05) is 6.54 Å². The molecule has 0 spiro atoms. The van der Waals surface area contributed by atoms with E-state index >= 15 is 0 Å². The molecule has 1 saturated carbocycles. The summed E-state index contributed by atoms with van der Waals surface area (Å²) in [6, 6.07) is 2.28. The van der Waals surface area contributed by atoms with Crippen molar-refractivity contribution in [1.82, 2.24) is 10.0 Å². The van der Waals surface area contributed by atoms with Gasteiger partial charge in [-0.05, 0) is 30.2 Å². The summed E-state index contributed by atoms with van der Waals surface area (Å²) >= 11 is 1.50. The lowest BCUT2D eigenvalue weighted by Gasteiger charge is -2.09. The van der Waals surface area contributed by atoms with Crippen molar-refractivity contribution in [3.05, 3.63) is 16.3 Å². The smallest absolute Gasteiger partial charge is 0.241 e. The van der Waals surface area contributed by atoms with E-state index in [9.17, 15) is 8.42 Å². The molecule has 1 aromatic heterocycles. The van der Waals surface area contributed by atoms with Crippen molar-refractivity contribution >= 4 is 21.4 Å². The Morgan fingerprint density at radius 2 is 2.17 bits per heavy atom. The minimum atomic E-state index is -3.35. The van der Waals surface area contributed by atoms with Gasteiger partial charge in [0, 0.05) is 24.0 Å². The van der Waals surface area contributed by atoms with E-state index in [0.29, 0.717) is 29.9 Å². The van der Waals surface area contributed by atoms with Crippen LogP contribution in [0.2, 0.25) is 0 Å². The summed E-state index contributed by atoms with van der Waals surface area (Å²) in [6.07, 6.45) is 2.41. The first-order valence-corrected chi connectivity index (χ1v) is 8.65. The minimum absolute atomic E-state index is 0.312. The number of hydrogen-bond acceptors (Lipinski definition) is 4. The Morgan fingerprint density at radius 1 is 1.44 bits per heavy atom. The summed E-state index contributed by atoms with van der Waals surface area (Å²) in [7, 11) is -3.35. The summed E-state index contributed by atoms with van der Waals surface area (Å²) in [4.78, 5) is 1.33. The lowest BCUT2D eigenvalue weighted by molar-refractivity contribution is 0.558. The van der Waals surface area contributed by atoms with E-state index in [1.807, 2.05) is 19.2 Å². The molecule has 1 aliphatic carbocycles. The summed E-state index contributed by atoms with van der Waals surface area (Å²) in [5, 5.41) is 5.20. The molecule has 18 heavy (non-hydrogen) atoms. The van der Waals surface area contributed by atoms with Crippen molar-refractivity contribution in [2.45, 2.75) is 44.2 Å². The van der Waals surface area contributed by atoms with Gasteiger partial charge in [-0.25, -0.2) is 13.1 Å². The van der Waals surface area contributed by atoms with Crippen LogP contribution in [0.25, 0.3) is 0 Å². The van der Waals surface area contributed by atoms with E-state index in [-0.39, 0.29) is 0 Å². The Morgan fingerprint density at radius 3 is 2.78 bits per heavy atom. The third kappa shape index (κ3) is 3.78. The molecule has 0 amide bonds. The van der Waals surface area contributed by atoms with Crippen molar-refractivity contribution in [3.8, 4) is 0 Å². The standard InChI is InChI=1S/C12H20N2O2S2/c1-9(2)7-14-18(15,16)12-5-6-17-11(12)8-13-10-3-4-10/h5-6,9-10,13-14H,3-4,7-8H2,1-2H3. The Bertz CT molecular complexity index is 490. The molecular formula is C12H20N2O2S2. The second-order valence-electron chi connectivity index (χ2n) is 5.11. The molecule has 102 valence electrons. The fourth-order valence-electron chi connectivity index (χ4n) is 1.58. The van der Waals surface area contributed by atoms with Gasteiger partial charge in [0.15, 0.2) is 0 Å². The van der Waals surface area contributed by atoms with Crippen LogP contribution in [-0.4, -0.2) is 21.0 Å². The van der Waals surface area contributed by atoms with Gasteiger partial charge in [-0.3, -0.25) is 0 Å². The van der Waals surface area contributed by atoms with Crippen LogP contribution in [0.15, 0.2) is 16.3 Å². The molecule has 1 fully saturated rings. The van der Waals surface area contributed by atoms with Gasteiger partial charge in [0.1, 0.15) is 0 Å². The Hall–Kier alpha value is -0.430. The van der Waals surface area contributed by atoms with Crippen LogP contribution < -0.4 is 10.0 Å². The highest BCUT2D eigenvalue weighted by molar-refractivity contribution is 7.89. The molecular weight excluding hydrogens is 268 g/mol. The number of nitrogens with one attached hydrogen (secondary N) is 2. The summed E-state index contributed by atoms with van der Waals surface area (Å²) in [5.41, 5.74) is 0. The van der Waals surface area contributed by atoms with Gasteiger partial charge in [0.05, 0.1) is 4.90 Å². The van der Waals surface area contributed by atoms with Crippen molar-refractivity contribution in [2.24, 2.45) is 5.92 Å². The number of thiophene rings is 1. The lowest BCUT2D eigenvalue weighted by Crippen LogP contribution is -2.28. The molecule has 2 N–H and O–H groups in total. The van der Waals surface area contributed by atoms with E-state index in [0.717, 1.165) is 4.88 Å². The minimum Gasteiger partial charge on any atom is -0.309 e. The molecule has 1 aliphatic rings. The normalized spacial score (nSPS) is 16.4. The third-order valence-electron chi connectivity index (χ3n) is 2.80. The zero-order valence-electron chi connectivity index (χ0n) is 10.8. The van der Waals surface area contributed by atoms with Crippen molar-refractivity contribution in [1.29, 1.82) is 0 Å². The third-order valence-corrected chi connectivity index (χ3v) is 5.36. The second kappa shape index (κ2) is 5.69. The van der Waals surface area contributed by atoms with Crippen molar-refractivity contribution < 1.29 is 8.42 Å². The van der Waals surface area contributed by atoms with E-state index < -0.39 is 10.0 Å². The van der Waals surface area contributed by atoms with Crippen molar-refractivity contribution in [3.63, 3.8) is 0 Å². The monoisotopic (exact) mass is 288 g/mol. The molecule has 1 heterocycles. The van der Waals surface area contributed by atoms with Gasteiger partial charge < -0.3 is 5.32 Å². The fourth-order valence-corrected chi connectivity index (χ4v) is 4.18. The predicted molar refractivity (Wildman–Crippen MR) is 74.2 cm³/mol. The van der Waals surface area contributed by atoms with Gasteiger partial charge in [-0.2, -0.15) is 0 Å². The molecule has 0 bridgehead atoms. The molecule has 4 nitrogen and oxygen atoms in total. The van der Waals surface area contributed by atoms with Crippen LogP contribution in [0, 0.1) is 5.92 Å². The molecule has 0 unspecified atom stereocenters. The molecule has 6 heteroatoms. The van der Waals surface area contributed by atoms with Crippen LogP contribution in [0.5, 0.6) is 0 Å². The molecule has 1 aromatic rings. The lowest BCUT2D eigenvalue weighted by atomic mass is 10.2. The Kier molecular flexibility index (Phi) is 4.42. The fraction of sp³-hybridized carbons (Fsp3) is 0.667. The van der Waals surface area contributed by atoms with Gasteiger partial charge >= 0.3 is 0 Å². The second-order valence-corrected chi connectivity index (χ2v) is 7.84. The first-order chi connectivity index (χ1) is 8.49. The summed E-state index contributed by atoms with van der Waals surface area (Å²) in [6.45, 7) is 5.12. The molecule has 0 aliphatic heterocycles. The zero-order valence-corrected chi connectivity index (χ0v) is 12.4. The van der Waals surface area contributed by atoms with Crippen LogP contribution in [-0.2, 0) is 16.6 Å². The average Bonchev–Trinajstić information content (AvgIpc) is 3.00. The van der Waals surface area contributed by atoms with E-state index in [4.69, 9.17) is 0 Å². The van der Waals surface area contributed by atoms with E-state index in [2.05, 4.69) is 10.0 Å². The van der Waals surface area contributed by atoms with Gasteiger partial charge in [0.25, 0.3) is 0 Å². The molecule has 0 saturated heterocycles. The quantitative estimate of drug-likeness (QED) is 0.806. The van der Waals surface area contributed by atoms with Gasteiger partial charge in [-0.15, -0.1) is 11.3 Å². The molecule has 0 atom stereocenters. The number of rotatable bonds is 7. The van der Waals surface area contributed by atoms with Gasteiger partial charge in [0.2, 0.25) is 10.0 Å². The van der Waals surface area contributed by atoms with Gasteiger partial charge in [-0.1, -0.05) is 13.8 Å².